The van der Waals surface area contributed by atoms with Crippen LogP contribution in [-0.4, -0.2) is 48.1 Å². The molecule has 0 bridgehead atoms. The van der Waals surface area contributed by atoms with Gasteiger partial charge in [-0.1, -0.05) is 12.1 Å². The van der Waals surface area contributed by atoms with Gasteiger partial charge in [0.2, 0.25) is 5.91 Å². The van der Waals surface area contributed by atoms with E-state index in [1.165, 1.54) is 12.1 Å². The molecule has 3 atom stereocenters. The normalized spacial score (nSPS) is 25.6. The number of ether oxygens (including phenoxy) is 1. The molecule has 1 aromatic carbocycles. The molecule has 0 saturated carbocycles. The van der Waals surface area contributed by atoms with Crippen LogP contribution >= 0.6 is 0 Å². The smallest absolute Gasteiger partial charge is 0.220 e. The number of aryl methyl sites for hydroxylation is 1. The van der Waals surface area contributed by atoms with Crippen LogP contribution in [0, 0.1) is 11.7 Å². The Morgan fingerprint density at radius 2 is 2.00 bits per heavy atom. The number of nitrogens with one attached hydrogen (secondary N) is 1. The maximum atomic E-state index is 12.7. The minimum absolute atomic E-state index is 0.121. The average molecular weight is 297 g/mol. The van der Waals surface area contributed by atoms with Gasteiger partial charge in [0.05, 0.1) is 19.3 Å². The second kappa shape index (κ2) is 7.49. The lowest BCUT2D eigenvalue weighted by Gasteiger charge is -2.31. The van der Waals surface area contributed by atoms with Crippen molar-refractivity contribution in [2.24, 2.45) is 5.92 Å². The summed E-state index contributed by atoms with van der Waals surface area (Å²) in [5, 5.41) is 22.0. The Balaban J connectivity index is 1.71. The van der Waals surface area contributed by atoms with Crippen molar-refractivity contribution in [1.82, 2.24) is 5.32 Å². The number of carbonyl (C=O) groups is 1. The van der Waals surface area contributed by atoms with E-state index in [9.17, 15) is 19.4 Å². The highest BCUT2D eigenvalue weighted by atomic mass is 19.1. The first-order valence-electron chi connectivity index (χ1n) is 7.01. The summed E-state index contributed by atoms with van der Waals surface area (Å²) < 4.78 is 17.9. The Bertz CT molecular complexity index is 465. The molecule has 0 spiro atoms. The van der Waals surface area contributed by atoms with Crippen LogP contribution in [0.2, 0.25) is 0 Å². The lowest BCUT2D eigenvalue weighted by molar-refractivity contribution is -0.128. The zero-order valence-electron chi connectivity index (χ0n) is 11.7. The molecule has 116 valence electrons. The summed E-state index contributed by atoms with van der Waals surface area (Å²) in [6.07, 6.45) is -0.966. The molecule has 0 unspecified atom stereocenters. The second-order valence-electron chi connectivity index (χ2n) is 5.29. The highest BCUT2D eigenvalue weighted by molar-refractivity contribution is 5.76. The molecule has 0 aromatic heterocycles. The number of aliphatic hydroxyl groups excluding tert-OH is 2. The summed E-state index contributed by atoms with van der Waals surface area (Å²) in [4.78, 5) is 11.7. The second-order valence-corrected chi connectivity index (χ2v) is 5.29. The molecule has 5 nitrogen and oxygen atoms in total. The summed E-state index contributed by atoms with van der Waals surface area (Å²) in [5.74, 6) is -0.747. The first-order chi connectivity index (χ1) is 10.1. The number of hydrogen-bond donors (Lipinski definition) is 3. The predicted octanol–water partition coefficient (Wildman–Crippen LogP) is 0.243. The first-order valence-corrected chi connectivity index (χ1v) is 7.01. The van der Waals surface area contributed by atoms with Crippen molar-refractivity contribution in [2.75, 3.05) is 19.8 Å². The molecule has 1 aliphatic heterocycles. The van der Waals surface area contributed by atoms with Crippen molar-refractivity contribution in [1.29, 1.82) is 0 Å². The Labute approximate surface area is 122 Å². The van der Waals surface area contributed by atoms with Crippen LogP contribution in [0.1, 0.15) is 12.0 Å². The number of halogens is 1. The molecular weight excluding hydrogens is 277 g/mol. The molecule has 6 heteroatoms. The standard InChI is InChI=1S/C15H20FNO4/c16-12-4-1-10(2-5-12)3-6-14(19)17-7-11-8-21-9-13(18)15(11)20/h1-2,4-5,11,13,15,18,20H,3,6-9H2,(H,17,19)/t11-,13-,15+/m1/s1. The van der Waals surface area contributed by atoms with E-state index in [-0.39, 0.29) is 37.2 Å². The van der Waals surface area contributed by atoms with E-state index in [1.54, 1.807) is 12.1 Å². The van der Waals surface area contributed by atoms with Crippen molar-refractivity contribution < 1.29 is 24.1 Å². The fourth-order valence-corrected chi connectivity index (χ4v) is 2.27. The van der Waals surface area contributed by atoms with E-state index < -0.39 is 12.2 Å². The third-order valence-electron chi connectivity index (χ3n) is 3.61. The third kappa shape index (κ3) is 4.77. The Morgan fingerprint density at radius 1 is 1.29 bits per heavy atom. The molecule has 1 fully saturated rings. The Hall–Kier alpha value is -1.50. The molecule has 1 amide bonds. The van der Waals surface area contributed by atoms with E-state index in [0.29, 0.717) is 13.0 Å². The van der Waals surface area contributed by atoms with Gasteiger partial charge in [0.25, 0.3) is 0 Å². The number of aliphatic hydroxyl groups is 2. The van der Waals surface area contributed by atoms with Gasteiger partial charge in [-0.2, -0.15) is 0 Å². The molecule has 21 heavy (non-hydrogen) atoms. The van der Waals surface area contributed by atoms with Crippen LogP contribution in [0.25, 0.3) is 0 Å². The lowest BCUT2D eigenvalue weighted by Crippen LogP contribution is -2.48. The van der Waals surface area contributed by atoms with E-state index in [4.69, 9.17) is 4.74 Å². The van der Waals surface area contributed by atoms with Crippen LogP contribution < -0.4 is 5.32 Å². The fourth-order valence-electron chi connectivity index (χ4n) is 2.27. The average Bonchev–Trinajstić information content (AvgIpc) is 2.48. The molecule has 1 saturated heterocycles. The van der Waals surface area contributed by atoms with Crippen molar-refractivity contribution in [3.05, 3.63) is 35.6 Å². The summed E-state index contributed by atoms with van der Waals surface area (Å²) in [7, 11) is 0. The SMILES string of the molecule is O=C(CCc1ccc(F)cc1)NC[C@@H]1COC[C@@H](O)[C@H]1O. The minimum atomic E-state index is -0.903. The number of amides is 1. The van der Waals surface area contributed by atoms with E-state index in [1.807, 2.05) is 0 Å². The lowest BCUT2D eigenvalue weighted by atomic mass is 9.96. The Morgan fingerprint density at radius 3 is 2.71 bits per heavy atom. The van der Waals surface area contributed by atoms with E-state index in [2.05, 4.69) is 5.32 Å². The number of carbonyl (C=O) groups excluding carboxylic acids is 1. The number of rotatable bonds is 5. The zero-order valence-corrected chi connectivity index (χ0v) is 11.7. The molecule has 0 aliphatic carbocycles. The topological polar surface area (TPSA) is 78.8 Å². The van der Waals surface area contributed by atoms with Gasteiger partial charge in [-0.25, -0.2) is 4.39 Å². The third-order valence-corrected chi connectivity index (χ3v) is 3.61. The number of benzene rings is 1. The van der Waals surface area contributed by atoms with Crippen molar-refractivity contribution in [2.45, 2.75) is 25.0 Å². The van der Waals surface area contributed by atoms with Crippen LogP contribution in [0.5, 0.6) is 0 Å². The summed E-state index contributed by atoms with van der Waals surface area (Å²) in [5.41, 5.74) is 0.892. The summed E-state index contributed by atoms with van der Waals surface area (Å²) in [6.45, 7) is 0.702. The Kier molecular flexibility index (Phi) is 5.67. The van der Waals surface area contributed by atoms with E-state index in [0.717, 1.165) is 5.56 Å². The molecule has 1 aliphatic rings. The van der Waals surface area contributed by atoms with Crippen LogP contribution in [0.15, 0.2) is 24.3 Å². The van der Waals surface area contributed by atoms with Crippen LogP contribution in [0.3, 0.4) is 0 Å². The first kappa shape index (κ1) is 15.9. The maximum Gasteiger partial charge on any atom is 0.220 e. The summed E-state index contributed by atoms with van der Waals surface area (Å²) >= 11 is 0. The highest BCUT2D eigenvalue weighted by Crippen LogP contribution is 2.14. The molecule has 2 rings (SSSR count). The van der Waals surface area contributed by atoms with Gasteiger partial charge in [0.1, 0.15) is 11.9 Å². The molecule has 1 heterocycles. The number of hydrogen-bond acceptors (Lipinski definition) is 4. The highest BCUT2D eigenvalue weighted by Gasteiger charge is 2.31. The summed E-state index contributed by atoms with van der Waals surface area (Å²) in [6, 6.07) is 6.03. The van der Waals surface area contributed by atoms with Gasteiger partial charge >= 0.3 is 0 Å². The van der Waals surface area contributed by atoms with Gasteiger partial charge in [-0.3, -0.25) is 4.79 Å². The minimum Gasteiger partial charge on any atom is -0.390 e. The van der Waals surface area contributed by atoms with E-state index >= 15 is 0 Å². The monoisotopic (exact) mass is 297 g/mol. The fraction of sp³-hybridized carbons (Fsp3) is 0.533. The van der Waals surface area contributed by atoms with Gasteiger partial charge in [-0.15, -0.1) is 0 Å². The van der Waals surface area contributed by atoms with Gasteiger partial charge in [0, 0.05) is 18.9 Å². The van der Waals surface area contributed by atoms with Crippen molar-refractivity contribution in [3.63, 3.8) is 0 Å². The molecule has 1 aromatic rings. The predicted molar refractivity (Wildman–Crippen MR) is 74.1 cm³/mol. The largest absolute Gasteiger partial charge is 0.390 e. The quantitative estimate of drug-likeness (QED) is 0.727. The molecule has 3 N–H and O–H groups in total. The van der Waals surface area contributed by atoms with Gasteiger partial charge in [0.15, 0.2) is 0 Å². The molecule has 0 radical (unpaired) electrons. The zero-order chi connectivity index (χ0) is 15.2. The molecular formula is C15H20FNO4. The van der Waals surface area contributed by atoms with Crippen LogP contribution in [0.4, 0.5) is 4.39 Å². The van der Waals surface area contributed by atoms with Crippen molar-refractivity contribution >= 4 is 5.91 Å². The maximum absolute atomic E-state index is 12.7. The van der Waals surface area contributed by atoms with Crippen LogP contribution in [-0.2, 0) is 16.0 Å². The van der Waals surface area contributed by atoms with Gasteiger partial charge < -0.3 is 20.3 Å². The van der Waals surface area contributed by atoms with Gasteiger partial charge in [-0.05, 0) is 24.1 Å². The van der Waals surface area contributed by atoms with Crippen molar-refractivity contribution in [3.8, 4) is 0 Å².